The molecule has 12 aromatic rings. The van der Waals surface area contributed by atoms with Gasteiger partial charge in [-0.3, -0.25) is 0 Å². The highest BCUT2D eigenvalue weighted by molar-refractivity contribution is 6.28. The number of benzene rings is 12. The van der Waals surface area contributed by atoms with Gasteiger partial charge in [0.15, 0.2) is 0 Å². The van der Waals surface area contributed by atoms with Crippen LogP contribution in [0.15, 0.2) is 218 Å². The number of hydrogen-bond acceptors (Lipinski definition) is 2. The van der Waals surface area contributed by atoms with Crippen LogP contribution in [0.4, 0.5) is 42.9 Å². The number of aryl methyl sites for hydroxylation is 4. The number of hydrogen-bond donors (Lipinski definition) is 0. The Labute approximate surface area is 464 Å². The van der Waals surface area contributed by atoms with Crippen molar-refractivity contribution in [2.45, 2.75) is 73.6 Å². The van der Waals surface area contributed by atoms with E-state index in [9.17, 15) is 0 Å². The minimum Gasteiger partial charge on any atom is -0.307 e. The first-order chi connectivity index (χ1) is 38.1. The fraction of sp³-hybridized carbons (Fsp3) is 0.147. The van der Waals surface area contributed by atoms with Crippen LogP contribution in [0.5, 0.6) is 0 Å². The van der Waals surface area contributed by atoms with Crippen LogP contribution in [0.2, 0.25) is 0 Å². The molecule has 0 radical (unpaired) electrons. The first kappa shape index (κ1) is 50.9. The number of halogens is 2. The molecule has 0 atom stereocenters. The largest absolute Gasteiger partial charge is 0.307 e. The molecule has 388 valence electrons. The van der Waals surface area contributed by atoms with Crippen molar-refractivity contribution < 1.29 is 8.78 Å². The third-order valence-electron chi connectivity index (χ3n) is 15.9. The summed E-state index contributed by atoms with van der Waals surface area (Å²) in [7, 11) is 0. The summed E-state index contributed by atoms with van der Waals surface area (Å²) in [6.45, 7) is 19.4. The van der Waals surface area contributed by atoms with E-state index in [1.807, 2.05) is 0 Å². The normalized spacial score (nSPS) is 11.8. The fourth-order valence-corrected chi connectivity index (χ4v) is 11.5. The lowest BCUT2D eigenvalue weighted by molar-refractivity contribution is 0.590. The molecule has 12 aromatic carbocycles. The van der Waals surface area contributed by atoms with Gasteiger partial charge in [-0.05, 0) is 166 Å². The second-order valence-corrected chi connectivity index (χ2v) is 23.0. The van der Waals surface area contributed by atoms with E-state index in [1.54, 1.807) is 12.1 Å². The van der Waals surface area contributed by atoms with Gasteiger partial charge in [0.05, 0.1) is 22.7 Å². The van der Waals surface area contributed by atoms with Gasteiger partial charge in [-0.25, -0.2) is 8.78 Å². The molecule has 2 nitrogen and oxygen atoms in total. The molecule has 12 rings (SSSR count). The molecule has 79 heavy (non-hydrogen) atoms. The maximum absolute atomic E-state index is 18.2. The molecular formula is C75H64F2N2. The Morgan fingerprint density at radius 1 is 0.367 bits per heavy atom. The molecule has 0 aliphatic heterocycles. The average Bonchev–Trinajstić information content (AvgIpc) is 3.58. The second kappa shape index (κ2) is 20.2. The van der Waals surface area contributed by atoms with Gasteiger partial charge in [0.2, 0.25) is 0 Å². The molecular weight excluding hydrogens is 967 g/mol. The summed E-state index contributed by atoms with van der Waals surface area (Å²) in [6.07, 6.45) is 0. The van der Waals surface area contributed by atoms with Crippen LogP contribution in [0, 0.1) is 39.3 Å². The van der Waals surface area contributed by atoms with E-state index < -0.39 is 0 Å². The van der Waals surface area contributed by atoms with E-state index >= 15 is 8.78 Å². The van der Waals surface area contributed by atoms with Gasteiger partial charge in [0.1, 0.15) is 11.6 Å². The molecule has 0 heterocycles. The quantitative estimate of drug-likeness (QED) is 0.119. The van der Waals surface area contributed by atoms with Crippen LogP contribution in [0.25, 0.3) is 76.8 Å². The summed E-state index contributed by atoms with van der Waals surface area (Å²) >= 11 is 0. The Morgan fingerprint density at radius 2 is 0.747 bits per heavy atom. The lowest BCUT2D eigenvalue weighted by Crippen LogP contribution is -2.16. The maximum Gasteiger partial charge on any atom is 0.148 e. The van der Waals surface area contributed by atoms with Crippen LogP contribution in [-0.4, -0.2) is 0 Å². The van der Waals surface area contributed by atoms with Crippen LogP contribution < -0.4 is 9.80 Å². The Kier molecular flexibility index (Phi) is 13.0. The molecule has 0 N–H and O–H groups in total. The van der Waals surface area contributed by atoms with Crippen molar-refractivity contribution in [2.24, 2.45) is 0 Å². The summed E-state index contributed by atoms with van der Waals surface area (Å²) in [4.78, 5) is 4.29. The Hall–Kier alpha value is -8.86. The van der Waals surface area contributed by atoms with Crippen molar-refractivity contribution in [1.82, 2.24) is 0 Å². The molecule has 0 aliphatic carbocycles. The van der Waals surface area contributed by atoms with E-state index in [1.165, 1.54) is 0 Å². The minimum absolute atomic E-state index is 0.186. The highest BCUT2D eigenvalue weighted by Gasteiger charge is 2.29. The average molecular weight is 1030 g/mol. The minimum atomic E-state index is -0.332. The molecule has 0 saturated carbocycles. The second-order valence-electron chi connectivity index (χ2n) is 23.0. The number of anilines is 6. The zero-order valence-electron chi connectivity index (χ0n) is 46.5. The number of rotatable bonds is 11. The zero-order chi connectivity index (χ0) is 54.9. The maximum atomic E-state index is 18.2. The Bertz CT molecular complexity index is 4240. The smallest absolute Gasteiger partial charge is 0.148 e. The zero-order valence-corrected chi connectivity index (χ0v) is 46.5. The van der Waals surface area contributed by atoms with Gasteiger partial charge < -0.3 is 9.80 Å². The van der Waals surface area contributed by atoms with Gasteiger partial charge in [-0.15, -0.1) is 0 Å². The van der Waals surface area contributed by atoms with Crippen molar-refractivity contribution in [2.75, 3.05) is 9.80 Å². The molecule has 4 heteroatoms. The third-order valence-corrected chi connectivity index (χ3v) is 15.9. The van der Waals surface area contributed by atoms with Crippen molar-refractivity contribution in [3.05, 3.63) is 263 Å². The topological polar surface area (TPSA) is 6.48 Å². The van der Waals surface area contributed by atoms with Gasteiger partial charge in [0.25, 0.3) is 0 Å². The lowest BCUT2D eigenvalue weighted by atomic mass is 9.86. The molecule has 0 aromatic heterocycles. The van der Waals surface area contributed by atoms with Gasteiger partial charge in [-0.1, -0.05) is 215 Å². The van der Waals surface area contributed by atoms with Crippen LogP contribution in [-0.2, 0) is 5.41 Å². The van der Waals surface area contributed by atoms with Crippen molar-refractivity contribution in [3.8, 4) is 44.5 Å². The van der Waals surface area contributed by atoms with Crippen LogP contribution in [0.1, 0.15) is 73.9 Å². The highest BCUT2D eigenvalue weighted by Crippen LogP contribution is 2.52. The molecule has 0 unspecified atom stereocenters. The predicted octanol–water partition coefficient (Wildman–Crippen LogP) is 22.1. The summed E-state index contributed by atoms with van der Waals surface area (Å²) in [5.41, 5.74) is 17.9. The Balaban J connectivity index is 1.14. The summed E-state index contributed by atoms with van der Waals surface area (Å²) in [6, 6.07) is 75.7. The van der Waals surface area contributed by atoms with E-state index in [0.717, 1.165) is 133 Å². The number of nitrogens with zero attached hydrogens (tertiary/aromatic N) is 2. The van der Waals surface area contributed by atoms with Crippen molar-refractivity contribution >= 4 is 66.4 Å². The van der Waals surface area contributed by atoms with Crippen LogP contribution in [0.3, 0.4) is 0 Å². The van der Waals surface area contributed by atoms with Crippen molar-refractivity contribution in [1.29, 1.82) is 0 Å². The molecule has 0 aliphatic rings. The molecule has 0 saturated heterocycles. The molecule has 0 amide bonds. The molecule has 0 bridgehead atoms. The first-order valence-corrected chi connectivity index (χ1v) is 27.5. The van der Waals surface area contributed by atoms with Crippen LogP contribution >= 0.6 is 0 Å². The predicted molar refractivity (Wildman–Crippen MR) is 333 cm³/mol. The standard InChI is InChI=1S/C75H64F2N2/c1-46(2)57-12-10-14-61(40-57)78(73-65(53-28-20-49(5)21-29-53)41-58(43-67(73)76)51-24-16-47(3)17-25-51)69-38-34-55-33-37-64-70(39-35-56-32-36-63(69)71(55)72(56)64)79(62-15-11-13-60(45-62)75(7,8)9)74-66(54-30-22-50(6)23-31-54)42-59(44-68(74)77)52-26-18-48(4)19-27-52/h10-46H,1-9H3. The van der Waals surface area contributed by atoms with Crippen molar-refractivity contribution in [3.63, 3.8) is 0 Å². The molecule has 0 spiro atoms. The van der Waals surface area contributed by atoms with E-state index in [2.05, 4.69) is 278 Å². The third kappa shape index (κ3) is 9.50. The summed E-state index contributed by atoms with van der Waals surface area (Å²) in [5, 5.41) is 6.13. The Morgan fingerprint density at radius 3 is 1.15 bits per heavy atom. The van der Waals surface area contributed by atoms with Gasteiger partial charge >= 0.3 is 0 Å². The van der Waals surface area contributed by atoms with E-state index in [0.29, 0.717) is 11.4 Å². The monoisotopic (exact) mass is 1030 g/mol. The SMILES string of the molecule is Cc1ccc(-c2cc(F)c(N(c3cccc(C(C)C)c3)c3ccc4ccc5c(N(c6cccc(C(C)(C)C)c6)c6c(F)cc(-c7ccc(C)cc7)cc6-c6ccc(C)cc6)ccc6ccc3c4c65)c(-c3ccc(C)cc3)c2)cc1. The first-order valence-electron chi connectivity index (χ1n) is 27.5. The van der Waals surface area contributed by atoms with E-state index in [4.69, 9.17) is 0 Å². The van der Waals surface area contributed by atoms with Gasteiger partial charge in [0, 0.05) is 33.3 Å². The van der Waals surface area contributed by atoms with Gasteiger partial charge in [-0.2, -0.15) is 0 Å². The summed E-state index contributed by atoms with van der Waals surface area (Å²) in [5.74, 6) is -0.430. The molecule has 0 fully saturated rings. The fourth-order valence-electron chi connectivity index (χ4n) is 11.5. The lowest BCUT2D eigenvalue weighted by Gasteiger charge is -2.32. The van der Waals surface area contributed by atoms with E-state index in [-0.39, 0.29) is 23.0 Å². The summed E-state index contributed by atoms with van der Waals surface area (Å²) < 4.78 is 36.4. The highest BCUT2D eigenvalue weighted by atomic mass is 19.1.